The summed E-state index contributed by atoms with van der Waals surface area (Å²) in [5.41, 5.74) is 1.69. The fourth-order valence-electron chi connectivity index (χ4n) is 2.47. The van der Waals surface area contributed by atoms with Crippen LogP contribution in [0.15, 0.2) is 35.1 Å². The molecule has 0 radical (unpaired) electrons. The number of hydrogen-bond acceptors (Lipinski definition) is 5. The molecule has 130 valence electrons. The molecule has 1 aromatic carbocycles. The van der Waals surface area contributed by atoms with Crippen molar-refractivity contribution in [3.05, 3.63) is 46.4 Å². The number of aryl methyl sites for hydroxylation is 1. The number of nitrogens with one attached hydrogen (secondary N) is 1. The highest BCUT2D eigenvalue weighted by atomic mass is 32.1. The summed E-state index contributed by atoms with van der Waals surface area (Å²) in [6, 6.07) is 9.79. The molecule has 0 spiro atoms. The summed E-state index contributed by atoms with van der Waals surface area (Å²) in [5, 5.41) is 7.92. The fraction of sp³-hybridized carbons (Fsp3) is 0.333. The van der Waals surface area contributed by atoms with Gasteiger partial charge in [-0.25, -0.2) is 9.67 Å². The van der Waals surface area contributed by atoms with Gasteiger partial charge >= 0.3 is 0 Å². The van der Waals surface area contributed by atoms with Gasteiger partial charge in [-0.05, 0) is 20.3 Å². The van der Waals surface area contributed by atoms with Gasteiger partial charge in [0.2, 0.25) is 5.91 Å². The van der Waals surface area contributed by atoms with Gasteiger partial charge in [0.15, 0.2) is 5.52 Å². The van der Waals surface area contributed by atoms with Crippen LogP contribution in [0.2, 0.25) is 0 Å². The first kappa shape index (κ1) is 17.3. The molecule has 0 fully saturated rings. The second kappa shape index (κ2) is 7.14. The zero-order chi connectivity index (χ0) is 18.0. The largest absolute Gasteiger partial charge is 0.352 e. The van der Waals surface area contributed by atoms with Crippen molar-refractivity contribution in [2.75, 3.05) is 0 Å². The first-order valence-electron chi connectivity index (χ1n) is 8.22. The number of carbonyl (C=O) groups is 1. The van der Waals surface area contributed by atoms with Crippen LogP contribution in [-0.2, 0) is 11.3 Å². The van der Waals surface area contributed by atoms with Crippen molar-refractivity contribution in [2.24, 2.45) is 0 Å². The molecule has 1 amide bonds. The van der Waals surface area contributed by atoms with Gasteiger partial charge < -0.3 is 5.32 Å². The molecule has 0 saturated heterocycles. The summed E-state index contributed by atoms with van der Waals surface area (Å²) >= 11 is 1.45. The molecule has 3 aromatic rings. The molecular formula is C18H20N4O2S. The van der Waals surface area contributed by atoms with Crippen LogP contribution in [0.5, 0.6) is 0 Å². The monoisotopic (exact) mass is 356 g/mol. The van der Waals surface area contributed by atoms with Crippen LogP contribution in [0, 0.1) is 6.92 Å². The van der Waals surface area contributed by atoms with Gasteiger partial charge in [0, 0.05) is 11.6 Å². The van der Waals surface area contributed by atoms with E-state index in [9.17, 15) is 9.59 Å². The van der Waals surface area contributed by atoms with E-state index in [4.69, 9.17) is 0 Å². The van der Waals surface area contributed by atoms with Gasteiger partial charge in [0.05, 0.1) is 10.4 Å². The van der Waals surface area contributed by atoms with Crippen molar-refractivity contribution in [3.8, 4) is 10.6 Å². The van der Waals surface area contributed by atoms with Crippen LogP contribution in [0.3, 0.4) is 0 Å². The molecule has 3 rings (SSSR count). The first-order chi connectivity index (χ1) is 12.0. The van der Waals surface area contributed by atoms with Gasteiger partial charge in [-0.2, -0.15) is 5.10 Å². The van der Waals surface area contributed by atoms with Crippen molar-refractivity contribution >= 4 is 27.5 Å². The quantitative estimate of drug-likeness (QED) is 0.762. The Morgan fingerprint density at radius 2 is 2.04 bits per heavy atom. The van der Waals surface area contributed by atoms with E-state index in [1.807, 2.05) is 51.1 Å². The lowest BCUT2D eigenvalue weighted by molar-refractivity contribution is -0.122. The molecule has 0 aliphatic carbocycles. The van der Waals surface area contributed by atoms with Crippen LogP contribution < -0.4 is 10.9 Å². The molecule has 1 N–H and O–H groups in total. The third kappa shape index (κ3) is 3.61. The highest BCUT2D eigenvalue weighted by Gasteiger charge is 2.16. The lowest BCUT2D eigenvalue weighted by atomic mass is 10.2. The number of thiazole rings is 1. The summed E-state index contributed by atoms with van der Waals surface area (Å²) in [4.78, 5) is 29.3. The highest BCUT2D eigenvalue weighted by Crippen LogP contribution is 2.29. The number of amides is 1. The second-order valence-corrected chi connectivity index (χ2v) is 6.99. The summed E-state index contributed by atoms with van der Waals surface area (Å²) < 4.78 is 1.96. The van der Waals surface area contributed by atoms with Crippen molar-refractivity contribution in [1.82, 2.24) is 20.1 Å². The molecule has 0 saturated carbocycles. The summed E-state index contributed by atoms with van der Waals surface area (Å²) in [7, 11) is 0. The smallest absolute Gasteiger partial charge is 0.294 e. The Balaban J connectivity index is 1.98. The van der Waals surface area contributed by atoms with Gasteiger partial charge in [-0.1, -0.05) is 37.3 Å². The molecular weight excluding hydrogens is 336 g/mol. The van der Waals surface area contributed by atoms with Crippen molar-refractivity contribution in [1.29, 1.82) is 0 Å². The summed E-state index contributed by atoms with van der Waals surface area (Å²) in [6.07, 6.45) is 0.832. The Bertz CT molecular complexity index is 962. The minimum Gasteiger partial charge on any atom is -0.352 e. The maximum absolute atomic E-state index is 12.7. The molecule has 25 heavy (non-hydrogen) atoms. The molecule has 1 atom stereocenters. The van der Waals surface area contributed by atoms with Crippen LogP contribution in [-0.4, -0.2) is 26.7 Å². The standard InChI is InChI=1S/C18H20N4O2S/c1-4-11(2)19-14(23)10-22-18(24)15-16(12(3)21-22)25-17(20-15)13-8-6-5-7-9-13/h5-9,11H,4,10H2,1-3H3,(H,19,23). The van der Waals surface area contributed by atoms with E-state index in [-0.39, 0.29) is 24.1 Å². The maximum atomic E-state index is 12.7. The van der Waals surface area contributed by atoms with Gasteiger partial charge in [-0.15, -0.1) is 11.3 Å². The van der Waals surface area contributed by atoms with Crippen LogP contribution in [0.1, 0.15) is 26.0 Å². The third-order valence-corrected chi connectivity index (χ3v) is 5.21. The zero-order valence-electron chi connectivity index (χ0n) is 14.4. The van der Waals surface area contributed by atoms with E-state index >= 15 is 0 Å². The molecule has 1 unspecified atom stereocenters. The van der Waals surface area contributed by atoms with Gasteiger partial charge in [0.1, 0.15) is 11.6 Å². The predicted octanol–water partition coefficient (Wildman–Crippen LogP) is 2.74. The average molecular weight is 356 g/mol. The third-order valence-electron chi connectivity index (χ3n) is 4.00. The lowest BCUT2D eigenvalue weighted by Crippen LogP contribution is -2.38. The van der Waals surface area contributed by atoms with E-state index in [0.717, 1.165) is 21.7 Å². The highest BCUT2D eigenvalue weighted by molar-refractivity contribution is 7.21. The van der Waals surface area contributed by atoms with Gasteiger partial charge in [-0.3, -0.25) is 9.59 Å². The number of benzene rings is 1. The van der Waals surface area contributed by atoms with E-state index in [0.29, 0.717) is 11.2 Å². The number of rotatable bonds is 5. The Morgan fingerprint density at radius 3 is 2.72 bits per heavy atom. The van der Waals surface area contributed by atoms with Crippen molar-refractivity contribution in [2.45, 2.75) is 39.8 Å². The molecule has 2 aromatic heterocycles. The fourth-order valence-corrected chi connectivity index (χ4v) is 3.48. The Labute approximate surface area is 149 Å². The number of hydrogen-bond donors (Lipinski definition) is 1. The zero-order valence-corrected chi connectivity index (χ0v) is 15.3. The van der Waals surface area contributed by atoms with Crippen LogP contribution in [0.25, 0.3) is 20.8 Å². The molecule has 7 heteroatoms. The number of carbonyl (C=O) groups excluding carboxylic acids is 1. The van der Waals surface area contributed by atoms with E-state index in [2.05, 4.69) is 15.4 Å². The SMILES string of the molecule is CCC(C)NC(=O)Cn1nc(C)c2sc(-c3ccccc3)nc2c1=O. The minimum atomic E-state index is -0.335. The van der Waals surface area contributed by atoms with E-state index in [1.54, 1.807) is 0 Å². The second-order valence-electron chi connectivity index (χ2n) is 5.99. The Hall–Kier alpha value is -2.54. The first-order valence-corrected chi connectivity index (χ1v) is 9.04. The van der Waals surface area contributed by atoms with Crippen molar-refractivity contribution < 1.29 is 4.79 Å². The van der Waals surface area contributed by atoms with E-state index in [1.165, 1.54) is 16.0 Å². The minimum absolute atomic E-state index is 0.0667. The predicted molar refractivity (Wildman–Crippen MR) is 99.7 cm³/mol. The molecule has 6 nitrogen and oxygen atoms in total. The van der Waals surface area contributed by atoms with Crippen molar-refractivity contribution in [3.63, 3.8) is 0 Å². The van der Waals surface area contributed by atoms with Crippen LogP contribution >= 0.6 is 11.3 Å². The normalized spacial score (nSPS) is 12.3. The van der Waals surface area contributed by atoms with E-state index < -0.39 is 0 Å². The van der Waals surface area contributed by atoms with Gasteiger partial charge in [0.25, 0.3) is 5.56 Å². The Morgan fingerprint density at radius 1 is 1.32 bits per heavy atom. The molecule has 0 bridgehead atoms. The lowest BCUT2D eigenvalue weighted by Gasteiger charge is -2.12. The molecule has 0 aliphatic heterocycles. The average Bonchev–Trinajstić information content (AvgIpc) is 3.06. The number of nitrogens with zero attached hydrogens (tertiary/aromatic N) is 3. The Kier molecular flexibility index (Phi) is 4.94. The summed E-state index contributed by atoms with van der Waals surface area (Å²) in [6.45, 7) is 5.65. The summed E-state index contributed by atoms with van der Waals surface area (Å²) in [5.74, 6) is -0.221. The number of aromatic nitrogens is 3. The number of fused-ring (bicyclic) bond motifs is 1. The van der Waals surface area contributed by atoms with Crippen LogP contribution in [0.4, 0.5) is 0 Å². The molecule has 2 heterocycles. The maximum Gasteiger partial charge on any atom is 0.294 e. The topological polar surface area (TPSA) is 76.9 Å². The molecule has 0 aliphatic rings.